The number of rotatable bonds is 5. The second-order valence-electron chi connectivity index (χ2n) is 9.12. The zero-order chi connectivity index (χ0) is 28.4. The van der Waals surface area contributed by atoms with E-state index in [1.165, 1.54) is 16.9 Å². The van der Waals surface area contributed by atoms with E-state index in [0.717, 1.165) is 24.3 Å². The van der Waals surface area contributed by atoms with Crippen LogP contribution in [-0.4, -0.2) is 68.5 Å². The number of pyridine rings is 1. The zero-order valence-electron chi connectivity index (χ0n) is 20.9. The van der Waals surface area contributed by atoms with Gasteiger partial charge in [-0.15, -0.1) is 0 Å². The van der Waals surface area contributed by atoms with Gasteiger partial charge in [-0.25, -0.2) is 9.37 Å². The Morgan fingerprint density at radius 2 is 1.60 bits per heavy atom. The number of hydrogen-bond donors (Lipinski definition) is 1. The molecule has 4 aromatic rings. The average molecular weight is 555 g/mol. The second-order valence-corrected chi connectivity index (χ2v) is 9.12. The van der Waals surface area contributed by atoms with Gasteiger partial charge in [0.25, 0.3) is 11.8 Å². The molecule has 0 atom stereocenters. The maximum atomic E-state index is 14.7. The van der Waals surface area contributed by atoms with Crippen molar-refractivity contribution >= 4 is 34.3 Å². The van der Waals surface area contributed by atoms with Crippen LogP contribution in [0.5, 0.6) is 0 Å². The molecule has 1 N–H and O–H groups in total. The Hall–Kier alpha value is -4.81. The molecule has 13 heteroatoms. The lowest BCUT2D eigenvalue weighted by molar-refractivity contribution is -0.141. The van der Waals surface area contributed by atoms with Gasteiger partial charge in [-0.2, -0.15) is 18.3 Å². The average Bonchev–Trinajstić information content (AvgIpc) is 3.33. The molecule has 2 aromatic carbocycles. The predicted octanol–water partition coefficient (Wildman–Crippen LogP) is 3.83. The second kappa shape index (κ2) is 10.8. The van der Waals surface area contributed by atoms with Crippen molar-refractivity contribution in [3.63, 3.8) is 0 Å². The molecule has 2 aromatic heterocycles. The van der Waals surface area contributed by atoms with Crippen molar-refractivity contribution < 1.29 is 31.9 Å². The van der Waals surface area contributed by atoms with E-state index in [4.69, 9.17) is 0 Å². The predicted molar refractivity (Wildman–Crippen MR) is 136 cm³/mol. The summed E-state index contributed by atoms with van der Waals surface area (Å²) in [6, 6.07) is 14.1. The number of amides is 3. The number of fused-ring (bicyclic) bond motifs is 1. The number of nitrogens with one attached hydrogen (secondary N) is 1. The van der Waals surface area contributed by atoms with Crippen molar-refractivity contribution in [3.05, 3.63) is 89.6 Å². The van der Waals surface area contributed by atoms with Crippen LogP contribution in [0.2, 0.25) is 0 Å². The molecule has 0 saturated carbocycles. The van der Waals surface area contributed by atoms with Crippen molar-refractivity contribution in [2.24, 2.45) is 0 Å². The largest absolute Gasteiger partial charge is 0.433 e. The minimum atomic E-state index is -4.74. The quantitative estimate of drug-likeness (QED) is 0.378. The van der Waals surface area contributed by atoms with Crippen LogP contribution < -0.4 is 5.32 Å². The molecular weight excluding hydrogens is 532 g/mol. The monoisotopic (exact) mass is 554 g/mol. The van der Waals surface area contributed by atoms with E-state index in [1.807, 2.05) is 6.07 Å². The van der Waals surface area contributed by atoms with Gasteiger partial charge in [-0.3, -0.25) is 19.1 Å². The van der Waals surface area contributed by atoms with Crippen LogP contribution in [-0.2, 0) is 17.5 Å². The third-order valence-corrected chi connectivity index (χ3v) is 6.40. The Morgan fingerprint density at radius 1 is 0.900 bits per heavy atom. The van der Waals surface area contributed by atoms with Crippen molar-refractivity contribution in [1.82, 2.24) is 24.6 Å². The number of alkyl halides is 3. The molecule has 1 aliphatic heterocycles. The van der Waals surface area contributed by atoms with Crippen LogP contribution in [0, 0.1) is 5.82 Å². The molecule has 9 nitrogen and oxygen atoms in total. The third kappa shape index (κ3) is 5.77. The highest BCUT2D eigenvalue weighted by molar-refractivity contribution is 6.04. The summed E-state index contributed by atoms with van der Waals surface area (Å²) in [5.74, 6) is -2.20. The first-order chi connectivity index (χ1) is 19.1. The summed E-state index contributed by atoms with van der Waals surface area (Å²) in [6.45, 7) is 1.35. The van der Waals surface area contributed by atoms with E-state index in [-0.39, 0.29) is 29.6 Å². The fraction of sp³-hybridized carbons (Fsp3) is 0.222. The lowest BCUT2D eigenvalue weighted by Crippen LogP contribution is -2.51. The summed E-state index contributed by atoms with van der Waals surface area (Å²) in [7, 11) is 0. The number of piperazine rings is 1. The Labute approximate surface area is 225 Å². The molecule has 5 rings (SSSR count). The number of hydrogen-bond acceptors (Lipinski definition) is 5. The molecule has 3 heterocycles. The number of nitrogens with zero attached hydrogens (tertiary/aromatic N) is 5. The summed E-state index contributed by atoms with van der Waals surface area (Å²) in [5, 5.41) is 6.86. The number of halogens is 4. The van der Waals surface area contributed by atoms with E-state index < -0.39 is 29.3 Å². The van der Waals surface area contributed by atoms with E-state index >= 15 is 0 Å². The number of carbonyl (C=O) groups is 3. The lowest BCUT2D eigenvalue weighted by Gasteiger charge is -2.34. The number of benzene rings is 2. The van der Waals surface area contributed by atoms with E-state index in [2.05, 4.69) is 15.4 Å². The topological polar surface area (TPSA) is 100 Å². The van der Waals surface area contributed by atoms with E-state index in [9.17, 15) is 31.9 Å². The van der Waals surface area contributed by atoms with Crippen LogP contribution in [0.25, 0.3) is 10.9 Å². The van der Waals surface area contributed by atoms with Gasteiger partial charge in [0.15, 0.2) is 0 Å². The van der Waals surface area contributed by atoms with Crippen LogP contribution in [0.3, 0.4) is 0 Å². The fourth-order valence-electron chi connectivity index (χ4n) is 4.34. The summed E-state index contributed by atoms with van der Waals surface area (Å²) >= 11 is 0. The van der Waals surface area contributed by atoms with Crippen molar-refractivity contribution in [2.45, 2.75) is 12.7 Å². The highest BCUT2D eigenvalue weighted by Gasteiger charge is 2.33. The molecule has 1 aliphatic rings. The first-order valence-corrected chi connectivity index (χ1v) is 12.2. The van der Waals surface area contributed by atoms with Crippen molar-refractivity contribution in [3.8, 4) is 0 Å². The zero-order valence-corrected chi connectivity index (χ0v) is 20.9. The summed E-state index contributed by atoms with van der Waals surface area (Å²) < 4.78 is 54.8. The van der Waals surface area contributed by atoms with Gasteiger partial charge in [-0.05, 0) is 30.3 Å². The highest BCUT2D eigenvalue weighted by atomic mass is 19.4. The van der Waals surface area contributed by atoms with E-state index in [0.29, 0.717) is 37.1 Å². The molecule has 1 saturated heterocycles. The third-order valence-electron chi connectivity index (χ3n) is 6.40. The molecule has 0 unspecified atom stereocenters. The lowest BCUT2D eigenvalue weighted by atomic mass is 10.2. The van der Waals surface area contributed by atoms with Gasteiger partial charge in [0, 0.05) is 49.4 Å². The Morgan fingerprint density at radius 3 is 2.30 bits per heavy atom. The van der Waals surface area contributed by atoms with Crippen LogP contribution in [0.15, 0.2) is 66.9 Å². The Kier molecular flexibility index (Phi) is 7.20. The number of carbonyl (C=O) groups excluding carboxylic acids is 3. The molecule has 0 radical (unpaired) electrons. The highest BCUT2D eigenvalue weighted by Crippen LogP contribution is 2.28. The van der Waals surface area contributed by atoms with Gasteiger partial charge >= 0.3 is 6.18 Å². The van der Waals surface area contributed by atoms with Gasteiger partial charge in [0.1, 0.15) is 23.7 Å². The maximum absolute atomic E-state index is 14.7. The molecule has 3 amide bonds. The van der Waals surface area contributed by atoms with Gasteiger partial charge in [0.2, 0.25) is 5.91 Å². The van der Waals surface area contributed by atoms with Gasteiger partial charge in [-0.1, -0.05) is 24.3 Å². The van der Waals surface area contributed by atoms with Crippen molar-refractivity contribution in [1.29, 1.82) is 0 Å². The minimum Gasteiger partial charge on any atom is -0.338 e. The fourth-order valence-corrected chi connectivity index (χ4v) is 4.34. The Bertz CT molecular complexity index is 1580. The standard InChI is InChI=1S/C27H22F4N6O3/c28-19-14-21-18(13-22(19)33-25(39)20-7-4-8-23(32-20)27(29,30)31)15-37(34-21)16-24(38)35-9-11-36(12-10-35)26(40)17-5-2-1-3-6-17/h1-8,13-15H,9-12,16H2,(H,33,39). The molecule has 206 valence electrons. The molecular formula is C27H22F4N6O3. The van der Waals surface area contributed by atoms with E-state index in [1.54, 1.807) is 34.1 Å². The molecule has 1 fully saturated rings. The SMILES string of the molecule is O=C(Nc1cc2cn(CC(=O)N3CCN(C(=O)c4ccccc4)CC3)nc2cc1F)c1cccc(C(F)(F)F)n1. The molecule has 40 heavy (non-hydrogen) atoms. The number of aromatic nitrogens is 3. The molecule has 0 aliphatic carbocycles. The summed E-state index contributed by atoms with van der Waals surface area (Å²) in [5.41, 5.74) is -1.24. The first kappa shape index (κ1) is 26.8. The normalized spacial score (nSPS) is 13.9. The van der Waals surface area contributed by atoms with Crippen molar-refractivity contribution in [2.75, 3.05) is 31.5 Å². The number of anilines is 1. The van der Waals surface area contributed by atoms with Crippen LogP contribution >= 0.6 is 0 Å². The summed E-state index contributed by atoms with van der Waals surface area (Å²) in [6.07, 6.45) is -3.24. The minimum absolute atomic E-state index is 0.0974. The van der Waals surface area contributed by atoms with Gasteiger partial charge < -0.3 is 15.1 Å². The maximum Gasteiger partial charge on any atom is 0.433 e. The van der Waals surface area contributed by atoms with Crippen LogP contribution in [0.4, 0.5) is 23.2 Å². The van der Waals surface area contributed by atoms with Crippen LogP contribution in [0.1, 0.15) is 26.5 Å². The van der Waals surface area contributed by atoms with Gasteiger partial charge in [0.05, 0.1) is 11.2 Å². The Balaban J connectivity index is 1.22. The molecule has 0 bridgehead atoms. The smallest absolute Gasteiger partial charge is 0.338 e. The first-order valence-electron chi connectivity index (χ1n) is 12.2. The molecule has 0 spiro atoms. The summed E-state index contributed by atoms with van der Waals surface area (Å²) in [4.78, 5) is 44.6.